The third-order valence-corrected chi connectivity index (χ3v) is 2.51. The first kappa shape index (κ1) is 12.8. The van der Waals surface area contributed by atoms with Crippen LogP contribution in [0.5, 0.6) is 0 Å². The lowest BCUT2D eigenvalue weighted by molar-refractivity contribution is 0.0522. The molecule has 0 heterocycles. The van der Waals surface area contributed by atoms with Crippen molar-refractivity contribution >= 4 is 24.4 Å². The molecule has 0 saturated carbocycles. The normalized spacial score (nSPS) is 9.94. The fourth-order valence-corrected chi connectivity index (χ4v) is 1.72. The van der Waals surface area contributed by atoms with Crippen LogP contribution in [-0.2, 0) is 4.74 Å². The second-order valence-corrected chi connectivity index (χ2v) is 3.68. The highest BCUT2D eigenvalue weighted by atomic mass is 32.1. The van der Waals surface area contributed by atoms with Crippen LogP contribution in [0.1, 0.15) is 41.0 Å². The van der Waals surface area contributed by atoms with Gasteiger partial charge in [-0.25, -0.2) is 4.79 Å². The van der Waals surface area contributed by atoms with Crippen LogP contribution >= 0.6 is 12.6 Å². The lowest BCUT2D eigenvalue weighted by atomic mass is 10.0. The first-order valence-corrected chi connectivity index (χ1v) is 5.58. The minimum absolute atomic E-state index is 0.103. The molecule has 0 aromatic heterocycles. The van der Waals surface area contributed by atoms with Crippen LogP contribution in [-0.4, -0.2) is 18.4 Å². The summed E-state index contributed by atoms with van der Waals surface area (Å²) in [4.78, 5) is 23.8. The van der Waals surface area contributed by atoms with E-state index in [0.29, 0.717) is 22.4 Å². The van der Waals surface area contributed by atoms with E-state index in [0.717, 1.165) is 0 Å². The summed E-state index contributed by atoms with van der Waals surface area (Å²) in [6.07, 6.45) is 0.337. The van der Waals surface area contributed by atoms with Crippen molar-refractivity contribution in [2.75, 3.05) is 6.61 Å². The van der Waals surface area contributed by atoms with Gasteiger partial charge in [-0.3, -0.25) is 4.79 Å². The minimum atomic E-state index is -0.477. The Morgan fingerprint density at radius 3 is 2.56 bits per heavy atom. The molecule has 0 aliphatic rings. The van der Waals surface area contributed by atoms with E-state index in [1.807, 2.05) is 0 Å². The summed E-state index contributed by atoms with van der Waals surface area (Å²) in [6.45, 7) is 3.76. The number of carbonyl (C=O) groups is 2. The monoisotopic (exact) mass is 238 g/mol. The number of thiol groups is 1. The zero-order valence-corrected chi connectivity index (χ0v) is 10.2. The molecule has 0 N–H and O–H groups in total. The fourth-order valence-electron chi connectivity index (χ4n) is 1.39. The molecule has 1 rings (SSSR count). The highest BCUT2D eigenvalue weighted by Crippen LogP contribution is 2.21. The average Bonchev–Trinajstić information content (AvgIpc) is 2.28. The van der Waals surface area contributed by atoms with Gasteiger partial charge in [0.15, 0.2) is 5.78 Å². The molecule has 0 radical (unpaired) electrons. The molecule has 16 heavy (non-hydrogen) atoms. The van der Waals surface area contributed by atoms with E-state index >= 15 is 0 Å². The molecule has 1 aromatic carbocycles. The summed E-state index contributed by atoms with van der Waals surface area (Å²) in [7, 11) is 0. The van der Waals surface area contributed by atoms with E-state index in [1.54, 1.807) is 32.0 Å². The molecule has 0 aliphatic carbocycles. The number of hydrogen-bond acceptors (Lipinski definition) is 4. The van der Waals surface area contributed by atoms with Crippen molar-refractivity contribution in [2.24, 2.45) is 0 Å². The summed E-state index contributed by atoms with van der Waals surface area (Å²) in [5, 5.41) is 0. The molecule has 0 amide bonds. The Kier molecular flexibility index (Phi) is 4.55. The van der Waals surface area contributed by atoms with Crippen LogP contribution in [0, 0.1) is 0 Å². The zero-order valence-electron chi connectivity index (χ0n) is 9.32. The second kappa shape index (κ2) is 5.70. The summed E-state index contributed by atoms with van der Waals surface area (Å²) in [5.41, 5.74) is 0.646. The van der Waals surface area contributed by atoms with Gasteiger partial charge in [-0.2, -0.15) is 0 Å². The van der Waals surface area contributed by atoms with Crippen molar-refractivity contribution in [3.8, 4) is 0 Å². The quantitative estimate of drug-likeness (QED) is 0.498. The maximum atomic E-state index is 11.7. The minimum Gasteiger partial charge on any atom is -0.462 e. The van der Waals surface area contributed by atoms with Crippen LogP contribution in [0.25, 0.3) is 0 Å². The van der Waals surface area contributed by atoms with Crippen molar-refractivity contribution in [2.45, 2.75) is 25.2 Å². The SMILES string of the molecule is CCOC(=O)c1cccc(S)c1C(=O)CC. The van der Waals surface area contributed by atoms with Gasteiger partial charge in [0.2, 0.25) is 0 Å². The molecule has 0 spiro atoms. The smallest absolute Gasteiger partial charge is 0.338 e. The zero-order chi connectivity index (χ0) is 12.1. The van der Waals surface area contributed by atoms with Crippen molar-refractivity contribution < 1.29 is 14.3 Å². The van der Waals surface area contributed by atoms with Crippen molar-refractivity contribution in [3.05, 3.63) is 29.3 Å². The highest BCUT2D eigenvalue weighted by Gasteiger charge is 2.18. The van der Waals surface area contributed by atoms with E-state index in [1.165, 1.54) is 0 Å². The molecular weight excluding hydrogens is 224 g/mol. The molecule has 86 valence electrons. The lowest BCUT2D eigenvalue weighted by Gasteiger charge is -2.09. The summed E-state index contributed by atoms with van der Waals surface area (Å²) < 4.78 is 4.89. The van der Waals surface area contributed by atoms with Gasteiger partial charge in [0.25, 0.3) is 0 Å². The van der Waals surface area contributed by atoms with Crippen molar-refractivity contribution in [1.29, 1.82) is 0 Å². The third-order valence-electron chi connectivity index (χ3n) is 2.14. The van der Waals surface area contributed by atoms with Crippen LogP contribution in [0.15, 0.2) is 23.1 Å². The Morgan fingerprint density at radius 2 is 2.00 bits per heavy atom. The first-order chi connectivity index (χ1) is 7.61. The fraction of sp³-hybridized carbons (Fsp3) is 0.333. The van der Waals surface area contributed by atoms with Gasteiger partial charge in [-0.05, 0) is 19.1 Å². The second-order valence-electron chi connectivity index (χ2n) is 3.20. The molecule has 1 aromatic rings. The number of rotatable bonds is 4. The number of Topliss-reactive ketones (excluding diaryl/α,β-unsaturated/α-hetero) is 1. The third kappa shape index (κ3) is 2.64. The van der Waals surface area contributed by atoms with Gasteiger partial charge >= 0.3 is 5.97 Å². The van der Waals surface area contributed by atoms with E-state index < -0.39 is 5.97 Å². The van der Waals surface area contributed by atoms with Crippen LogP contribution < -0.4 is 0 Å². The molecule has 4 heteroatoms. The van der Waals surface area contributed by atoms with E-state index in [9.17, 15) is 9.59 Å². The molecule has 0 bridgehead atoms. The van der Waals surface area contributed by atoms with Gasteiger partial charge in [0.1, 0.15) is 0 Å². The maximum Gasteiger partial charge on any atom is 0.338 e. The first-order valence-electron chi connectivity index (χ1n) is 5.14. The number of ketones is 1. The lowest BCUT2D eigenvalue weighted by Crippen LogP contribution is -2.12. The highest BCUT2D eigenvalue weighted by molar-refractivity contribution is 7.80. The average molecular weight is 238 g/mol. The Balaban J connectivity index is 3.22. The number of esters is 1. The Bertz CT molecular complexity index is 413. The Morgan fingerprint density at radius 1 is 1.31 bits per heavy atom. The summed E-state index contributed by atoms with van der Waals surface area (Å²) in [6, 6.07) is 4.95. The van der Waals surface area contributed by atoms with Crippen LogP contribution in [0.2, 0.25) is 0 Å². The topological polar surface area (TPSA) is 43.4 Å². The molecule has 0 aliphatic heterocycles. The molecular formula is C12H14O3S. The van der Waals surface area contributed by atoms with Crippen LogP contribution in [0.3, 0.4) is 0 Å². The molecule has 0 saturated heterocycles. The van der Waals surface area contributed by atoms with Gasteiger partial charge in [-0.15, -0.1) is 12.6 Å². The maximum absolute atomic E-state index is 11.7. The molecule has 0 fully saturated rings. The van der Waals surface area contributed by atoms with E-state index in [2.05, 4.69) is 12.6 Å². The largest absolute Gasteiger partial charge is 0.462 e. The predicted octanol–water partition coefficient (Wildman–Crippen LogP) is 2.74. The Labute approximate surface area is 100 Å². The standard InChI is InChI=1S/C12H14O3S/c1-3-9(13)11-8(12(14)15-4-2)6-5-7-10(11)16/h5-7,16H,3-4H2,1-2H3. The Hall–Kier alpha value is -1.29. The van der Waals surface area contributed by atoms with Gasteiger partial charge in [0.05, 0.1) is 12.2 Å². The number of hydrogen-bond donors (Lipinski definition) is 1. The van der Waals surface area contributed by atoms with Crippen molar-refractivity contribution in [3.63, 3.8) is 0 Å². The molecule has 0 atom stereocenters. The number of carbonyl (C=O) groups excluding carboxylic acids is 2. The summed E-state index contributed by atoms with van der Waals surface area (Å²) >= 11 is 4.20. The number of ether oxygens (including phenoxy) is 1. The van der Waals surface area contributed by atoms with Gasteiger partial charge in [0, 0.05) is 16.9 Å². The molecule has 0 unspecified atom stereocenters. The van der Waals surface area contributed by atoms with Gasteiger partial charge < -0.3 is 4.74 Å². The van der Waals surface area contributed by atoms with E-state index in [-0.39, 0.29) is 12.4 Å². The molecule has 3 nitrogen and oxygen atoms in total. The summed E-state index contributed by atoms with van der Waals surface area (Å²) in [5.74, 6) is -0.580. The van der Waals surface area contributed by atoms with E-state index in [4.69, 9.17) is 4.74 Å². The van der Waals surface area contributed by atoms with Gasteiger partial charge in [-0.1, -0.05) is 13.0 Å². The van der Waals surface area contributed by atoms with Crippen molar-refractivity contribution in [1.82, 2.24) is 0 Å². The van der Waals surface area contributed by atoms with Crippen LogP contribution in [0.4, 0.5) is 0 Å². The predicted molar refractivity (Wildman–Crippen MR) is 64.3 cm³/mol. The number of benzene rings is 1.